The van der Waals surface area contributed by atoms with Crippen molar-refractivity contribution in [1.82, 2.24) is 5.32 Å². The summed E-state index contributed by atoms with van der Waals surface area (Å²) < 4.78 is 5.60. The molecule has 2 N–H and O–H groups in total. The SMILES string of the molecule is C=CCNC(=S)Nc1ccc(OCC(C)C)cc1. The van der Waals surface area contributed by atoms with Gasteiger partial charge in [-0.1, -0.05) is 19.9 Å². The predicted molar refractivity (Wildman–Crippen MR) is 81.2 cm³/mol. The van der Waals surface area contributed by atoms with E-state index in [1.807, 2.05) is 24.3 Å². The number of nitrogens with one attached hydrogen (secondary N) is 2. The molecule has 0 atom stereocenters. The zero-order chi connectivity index (χ0) is 13.4. The smallest absolute Gasteiger partial charge is 0.171 e. The van der Waals surface area contributed by atoms with Crippen molar-refractivity contribution in [2.75, 3.05) is 18.5 Å². The molecule has 1 aromatic rings. The van der Waals surface area contributed by atoms with Crippen molar-refractivity contribution < 1.29 is 4.74 Å². The van der Waals surface area contributed by atoms with Gasteiger partial charge in [-0.05, 0) is 42.4 Å². The third-order valence-corrected chi connectivity index (χ3v) is 2.35. The molecule has 0 unspecified atom stereocenters. The largest absolute Gasteiger partial charge is 0.493 e. The first-order chi connectivity index (χ1) is 8.61. The standard InChI is InChI=1S/C14H20N2OS/c1-4-9-15-14(18)16-12-5-7-13(8-6-12)17-10-11(2)3/h4-8,11H,1,9-10H2,2-3H3,(H2,15,16,18). The topological polar surface area (TPSA) is 33.3 Å². The number of hydrogen-bond donors (Lipinski definition) is 2. The summed E-state index contributed by atoms with van der Waals surface area (Å²) in [6.07, 6.45) is 1.76. The molecule has 0 aliphatic rings. The summed E-state index contributed by atoms with van der Waals surface area (Å²) in [6, 6.07) is 7.75. The zero-order valence-corrected chi connectivity index (χ0v) is 11.7. The zero-order valence-electron chi connectivity index (χ0n) is 10.9. The molecule has 0 radical (unpaired) electrons. The summed E-state index contributed by atoms with van der Waals surface area (Å²) >= 11 is 5.12. The van der Waals surface area contributed by atoms with Crippen molar-refractivity contribution >= 4 is 23.0 Å². The second-order valence-electron chi connectivity index (χ2n) is 4.35. The molecule has 0 amide bonds. The minimum atomic E-state index is 0.526. The van der Waals surface area contributed by atoms with Crippen LogP contribution in [0.4, 0.5) is 5.69 Å². The van der Waals surface area contributed by atoms with Crippen molar-refractivity contribution in [2.24, 2.45) is 5.92 Å². The molecule has 0 fully saturated rings. The average molecular weight is 264 g/mol. The van der Waals surface area contributed by atoms with E-state index in [2.05, 4.69) is 31.1 Å². The van der Waals surface area contributed by atoms with Gasteiger partial charge in [-0.25, -0.2) is 0 Å². The fourth-order valence-corrected chi connectivity index (χ4v) is 1.44. The van der Waals surface area contributed by atoms with Crippen LogP contribution >= 0.6 is 12.2 Å². The summed E-state index contributed by atoms with van der Waals surface area (Å²) in [4.78, 5) is 0. The van der Waals surface area contributed by atoms with Crippen LogP contribution in [0.5, 0.6) is 5.75 Å². The molecule has 0 saturated heterocycles. The third-order valence-electron chi connectivity index (χ3n) is 2.10. The van der Waals surface area contributed by atoms with Gasteiger partial charge in [0.25, 0.3) is 0 Å². The highest BCUT2D eigenvalue weighted by Gasteiger charge is 1.99. The van der Waals surface area contributed by atoms with E-state index in [1.54, 1.807) is 6.08 Å². The molecule has 18 heavy (non-hydrogen) atoms. The van der Waals surface area contributed by atoms with Gasteiger partial charge in [-0.15, -0.1) is 6.58 Å². The van der Waals surface area contributed by atoms with Crippen molar-refractivity contribution in [2.45, 2.75) is 13.8 Å². The fourth-order valence-electron chi connectivity index (χ4n) is 1.24. The van der Waals surface area contributed by atoms with Crippen molar-refractivity contribution in [1.29, 1.82) is 0 Å². The average Bonchev–Trinajstić information content (AvgIpc) is 2.35. The number of hydrogen-bond acceptors (Lipinski definition) is 2. The monoisotopic (exact) mass is 264 g/mol. The Labute approximate surface area is 114 Å². The van der Waals surface area contributed by atoms with E-state index in [-0.39, 0.29) is 0 Å². The molecule has 0 aliphatic carbocycles. The van der Waals surface area contributed by atoms with E-state index in [9.17, 15) is 0 Å². The van der Waals surface area contributed by atoms with E-state index in [4.69, 9.17) is 17.0 Å². The Morgan fingerprint density at radius 2 is 2.06 bits per heavy atom. The number of benzene rings is 1. The summed E-state index contributed by atoms with van der Waals surface area (Å²) in [6.45, 7) is 9.25. The maximum absolute atomic E-state index is 5.60. The van der Waals surface area contributed by atoms with Crippen LogP contribution in [0.15, 0.2) is 36.9 Å². The van der Waals surface area contributed by atoms with Crippen molar-refractivity contribution in [3.8, 4) is 5.75 Å². The molecule has 4 heteroatoms. The summed E-state index contributed by atoms with van der Waals surface area (Å²) in [5.41, 5.74) is 0.938. The van der Waals surface area contributed by atoms with Crippen LogP contribution in [-0.4, -0.2) is 18.3 Å². The van der Waals surface area contributed by atoms with Crippen molar-refractivity contribution in [3.63, 3.8) is 0 Å². The molecule has 3 nitrogen and oxygen atoms in total. The fraction of sp³-hybridized carbons (Fsp3) is 0.357. The van der Waals surface area contributed by atoms with E-state index >= 15 is 0 Å². The summed E-state index contributed by atoms with van der Waals surface area (Å²) in [5, 5.41) is 6.68. The summed E-state index contributed by atoms with van der Waals surface area (Å²) in [5.74, 6) is 1.40. The maximum atomic E-state index is 5.60. The van der Waals surface area contributed by atoms with Gasteiger partial charge in [0.1, 0.15) is 5.75 Å². The molecule has 0 heterocycles. The lowest BCUT2D eigenvalue weighted by molar-refractivity contribution is 0.271. The quantitative estimate of drug-likeness (QED) is 0.610. The lowest BCUT2D eigenvalue weighted by atomic mass is 10.2. The molecule has 0 spiro atoms. The van der Waals surface area contributed by atoms with Crippen LogP contribution in [0.2, 0.25) is 0 Å². The van der Waals surface area contributed by atoms with Gasteiger partial charge in [0.15, 0.2) is 5.11 Å². The van der Waals surface area contributed by atoms with Gasteiger partial charge < -0.3 is 15.4 Å². The van der Waals surface area contributed by atoms with Crippen LogP contribution in [0, 0.1) is 5.92 Å². The van der Waals surface area contributed by atoms with Gasteiger partial charge in [0.2, 0.25) is 0 Å². The number of anilines is 1. The Bertz CT molecular complexity index is 387. The summed E-state index contributed by atoms with van der Waals surface area (Å²) in [7, 11) is 0. The molecule has 98 valence electrons. The Kier molecular flexibility index (Phi) is 6.22. The van der Waals surface area contributed by atoms with Crippen LogP contribution in [0.3, 0.4) is 0 Å². The molecule has 0 saturated carbocycles. The molecule has 0 bridgehead atoms. The van der Waals surface area contributed by atoms with E-state index in [1.165, 1.54) is 0 Å². The molecular formula is C14H20N2OS. The minimum Gasteiger partial charge on any atom is -0.493 e. The molecule has 1 rings (SSSR count). The molecule has 1 aromatic carbocycles. The van der Waals surface area contributed by atoms with E-state index in [0.717, 1.165) is 18.0 Å². The lowest BCUT2D eigenvalue weighted by Gasteiger charge is -2.11. The highest BCUT2D eigenvalue weighted by Crippen LogP contribution is 2.16. The third kappa shape index (κ3) is 5.68. The Morgan fingerprint density at radius 3 is 2.61 bits per heavy atom. The molecular weight excluding hydrogens is 244 g/mol. The predicted octanol–water partition coefficient (Wildman–Crippen LogP) is 3.19. The van der Waals surface area contributed by atoms with Crippen LogP contribution in [-0.2, 0) is 0 Å². The Morgan fingerprint density at radius 1 is 1.39 bits per heavy atom. The van der Waals surface area contributed by atoms with Gasteiger partial charge in [-0.3, -0.25) is 0 Å². The van der Waals surface area contributed by atoms with Crippen LogP contribution in [0.1, 0.15) is 13.8 Å². The first-order valence-electron chi connectivity index (χ1n) is 6.00. The minimum absolute atomic E-state index is 0.526. The second-order valence-corrected chi connectivity index (χ2v) is 4.76. The number of rotatable bonds is 6. The first-order valence-corrected chi connectivity index (χ1v) is 6.41. The highest BCUT2D eigenvalue weighted by molar-refractivity contribution is 7.80. The van der Waals surface area contributed by atoms with Crippen LogP contribution < -0.4 is 15.4 Å². The first kappa shape index (κ1) is 14.5. The van der Waals surface area contributed by atoms with Crippen LogP contribution in [0.25, 0.3) is 0 Å². The lowest BCUT2D eigenvalue weighted by Crippen LogP contribution is -2.28. The number of thiocarbonyl (C=S) groups is 1. The number of ether oxygens (including phenoxy) is 1. The van der Waals surface area contributed by atoms with E-state index in [0.29, 0.717) is 17.6 Å². The van der Waals surface area contributed by atoms with Gasteiger partial charge in [0, 0.05) is 12.2 Å². The second kappa shape index (κ2) is 7.71. The molecule has 0 aliphatic heterocycles. The Balaban J connectivity index is 2.44. The maximum Gasteiger partial charge on any atom is 0.171 e. The molecule has 0 aromatic heterocycles. The Hall–Kier alpha value is -1.55. The van der Waals surface area contributed by atoms with Gasteiger partial charge in [-0.2, -0.15) is 0 Å². The normalized spacial score (nSPS) is 9.94. The van der Waals surface area contributed by atoms with Crippen molar-refractivity contribution in [3.05, 3.63) is 36.9 Å². The van der Waals surface area contributed by atoms with Gasteiger partial charge in [0.05, 0.1) is 6.61 Å². The highest BCUT2D eigenvalue weighted by atomic mass is 32.1. The van der Waals surface area contributed by atoms with Gasteiger partial charge >= 0.3 is 0 Å². The van der Waals surface area contributed by atoms with E-state index < -0.39 is 0 Å².